The number of ether oxygens (including phenoxy) is 2. The Balaban J connectivity index is 2.29. The maximum absolute atomic E-state index is 12.0. The molecule has 2 N–H and O–H groups in total. The topological polar surface area (TPSA) is 93.6 Å². The lowest BCUT2D eigenvalue weighted by Gasteiger charge is -2.15. The van der Waals surface area contributed by atoms with E-state index in [0.717, 1.165) is 0 Å². The maximum Gasteiger partial charge on any atom is 0.330 e. The summed E-state index contributed by atoms with van der Waals surface area (Å²) in [5.41, 5.74) is -0.905. The summed E-state index contributed by atoms with van der Waals surface area (Å²) >= 11 is 0. The summed E-state index contributed by atoms with van der Waals surface area (Å²) in [5.74, 6) is 5.52. The average molecular weight is 320 g/mol. The fourth-order valence-electron chi connectivity index (χ4n) is 2.37. The Morgan fingerprint density at radius 1 is 1.61 bits per heavy atom. The van der Waals surface area contributed by atoms with Crippen molar-refractivity contribution in [2.45, 2.75) is 38.2 Å². The molecule has 1 aliphatic rings. The van der Waals surface area contributed by atoms with Crippen LogP contribution >= 0.6 is 0 Å². The minimum atomic E-state index is -0.631. The van der Waals surface area contributed by atoms with Crippen molar-refractivity contribution in [3.63, 3.8) is 0 Å². The highest BCUT2D eigenvalue weighted by Crippen LogP contribution is 2.29. The Labute approximate surface area is 133 Å². The van der Waals surface area contributed by atoms with Gasteiger partial charge in [-0.05, 0) is 0 Å². The van der Waals surface area contributed by atoms with Gasteiger partial charge in [0.1, 0.15) is 17.9 Å². The lowest BCUT2D eigenvalue weighted by Crippen LogP contribution is -2.33. The smallest absolute Gasteiger partial charge is 0.330 e. The Morgan fingerprint density at radius 3 is 3.04 bits per heavy atom. The third-order valence-corrected chi connectivity index (χ3v) is 3.47. The molecule has 0 amide bonds. The molecule has 0 saturated carbocycles. The number of H-pyrrole nitrogens is 1. The predicted octanol–water partition coefficient (Wildman–Crippen LogP) is 0.149. The summed E-state index contributed by atoms with van der Waals surface area (Å²) in [5, 5.41) is 9.39. The van der Waals surface area contributed by atoms with Gasteiger partial charge in [0.25, 0.3) is 5.56 Å². The van der Waals surface area contributed by atoms with Crippen LogP contribution in [0.3, 0.4) is 0 Å². The van der Waals surface area contributed by atoms with Crippen LogP contribution in [0, 0.1) is 11.8 Å². The zero-order valence-corrected chi connectivity index (χ0v) is 12.9. The molecule has 1 saturated heterocycles. The van der Waals surface area contributed by atoms with Gasteiger partial charge in [-0.2, -0.15) is 0 Å². The second-order valence-electron chi connectivity index (χ2n) is 5.07. The number of hydrogen-bond acceptors (Lipinski definition) is 5. The maximum atomic E-state index is 12.0. The van der Waals surface area contributed by atoms with Gasteiger partial charge in [0.15, 0.2) is 0 Å². The van der Waals surface area contributed by atoms with Gasteiger partial charge in [-0.3, -0.25) is 14.3 Å². The molecule has 1 fully saturated rings. The van der Waals surface area contributed by atoms with Crippen LogP contribution in [-0.2, 0) is 9.47 Å². The van der Waals surface area contributed by atoms with Crippen LogP contribution in [0.4, 0.5) is 0 Å². The highest BCUT2D eigenvalue weighted by molar-refractivity contribution is 5.29. The minimum Gasteiger partial charge on any atom is -0.394 e. The fourth-order valence-corrected chi connectivity index (χ4v) is 2.37. The molecule has 2 rings (SSSR count). The number of hydrogen-bond donors (Lipinski definition) is 2. The van der Waals surface area contributed by atoms with Gasteiger partial charge < -0.3 is 14.6 Å². The quantitative estimate of drug-likeness (QED) is 0.595. The molecule has 0 aromatic carbocycles. The van der Waals surface area contributed by atoms with Gasteiger partial charge in [0.2, 0.25) is 0 Å². The third-order valence-electron chi connectivity index (χ3n) is 3.47. The summed E-state index contributed by atoms with van der Waals surface area (Å²) in [6.45, 7) is 5.54. The SMILES string of the molecule is C=CCO[C@@H]1C[C@H](n2cc(C#CCC)c(=O)[nH]c2=O)O[C@@H]1CO. The first-order valence-corrected chi connectivity index (χ1v) is 7.43. The Kier molecular flexibility index (Phi) is 5.93. The van der Waals surface area contributed by atoms with Crippen molar-refractivity contribution < 1.29 is 14.6 Å². The lowest BCUT2D eigenvalue weighted by molar-refractivity contribution is -0.0582. The monoisotopic (exact) mass is 320 g/mol. The van der Waals surface area contributed by atoms with E-state index in [0.29, 0.717) is 19.4 Å². The number of aliphatic hydroxyl groups excluding tert-OH is 1. The first-order chi connectivity index (χ1) is 11.1. The van der Waals surface area contributed by atoms with Crippen molar-refractivity contribution in [3.8, 4) is 11.8 Å². The summed E-state index contributed by atoms with van der Waals surface area (Å²) in [4.78, 5) is 26.0. The molecule has 7 heteroatoms. The molecule has 0 spiro atoms. The van der Waals surface area contributed by atoms with Gasteiger partial charge in [-0.15, -0.1) is 6.58 Å². The Morgan fingerprint density at radius 2 is 2.39 bits per heavy atom. The number of nitrogens with zero attached hydrogens (tertiary/aromatic N) is 1. The number of aromatic amines is 1. The van der Waals surface area contributed by atoms with E-state index in [9.17, 15) is 14.7 Å². The van der Waals surface area contributed by atoms with E-state index in [-0.39, 0.29) is 18.3 Å². The van der Waals surface area contributed by atoms with E-state index in [2.05, 4.69) is 23.4 Å². The second-order valence-corrected chi connectivity index (χ2v) is 5.07. The predicted molar refractivity (Wildman–Crippen MR) is 84.0 cm³/mol. The first kappa shape index (κ1) is 17.2. The van der Waals surface area contributed by atoms with Crippen LogP contribution < -0.4 is 11.2 Å². The molecule has 23 heavy (non-hydrogen) atoms. The highest BCUT2D eigenvalue weighted by atomic mass is 16.6. The molecule has 0 aliphatic carbocycles. The molecular weight excluding hydrogens is 300 g/mol. The van der Waals surface area contributed by atoms with Crippen LogP contribution in [0.5, 0.6) is 0 Å². The Bertz CT molecular complexity index is 724. The van der Waals surface area contributed by atoms with Crippen LogP contribution in [0.15, 0.2) is 28.4 Å². The summed E-state index contributed by atoms with van der Waals surface area (Å²) in [6, 6.07) is 0. The van der Waals surface area contributed by atoms with Crippen LogP contribution in [0.2, 0.25) is 0 Å². The van der Waals surface area contributed by atoms with Crippen LogP contribution in [0.25, 0.3) is 0 Å². The Hall–Kier alpha value is -2.14. The normalized spacial score (nSPS) is 23.3. The molecule has 1 aromatic heterocycles. The lowest BCUT2D eigenvalue weighted by atomic mass is 10.2. The molecule has 1 aliphatic heterocycles. The molecule has 0 radical (unpaired) electrons. The number of aliphatic hydroxyl groups is 1. The van der Waals surface area contributed by atoms with Crippen LogP contribution in [0.1, 0.15) is 31.6 Å². The molecule has 0 bridgehead atoms. The first-order valence-electron chi connectivity index (χ1n) is 7.43. The van der Waals surface area contributed by atoms with E-state index in [1.165, 1.54) is 10.8 Å². The van der Waals surface area contributed by atoms with Gasteiger partial charge >= 0.3 is 5.69 Å². The largest absolute Gasteiger partial charge is 0.394 e. The highest BCUT2D eigenvalue weighted by Gasteiger charge is 2.37. The van der Waals surface area contributed by atoms with E-state index in [1.54, 1.807) is 6.08 Å². The summed E-state index contributed by atoms with van der Waals surface area (Å²) < 4.78 is 12.5. The van der Waals surface area contributed by atoms with E-state index >= 15 is 0 Å². The molecular formula is C16H20N2O5. The van der Waals surface area contributed by atoms with Gasteiger partial charge in [0.05, 0.1) is 19.3 Å². The van der Waals surface area contributed by atoms with Crippen molar-refractivity contribution in [2.75, 3.05) is 13.2 Å². The van der Waals surface area contributed by atoms with E-state index < -0.39 is 23.6 Å². The van der Waals surface area contributed by atoms with Crippen molar-refractivity contribution in [1.29, 1.82) is 0 Å². The third kappa shape index (κ3) is 3.99. The fraction of sp³-hybridized carbons (Fsp3) is 0.500. The van der Waals surface area contributed by atoms with Crippen molar-refractivity contribution in [3.05, 3.63) is 45.3 Å². The van der Waals surface area contributed by atoms with Gasteiger partial charge in [0, 0.05) is 19.0 Å². The molecule has 1 aromatic rings. The number of nitrogens with one attached hydrogen (secondary N) is 1. The molecule has 0 unspecified atom stereocenters. The summed E-state index contributed by atoms with van der Waals surface area (Å²) in [6.07, 6.45) is 2.45. The van der Waals surface area contributed by atoms with E-state index in [4.69, 9.17) is 9.47 Å². The zero-order valence-electron chi connectivity index (χ0n) is 12.9. The molecule has 124 valence electrons. The molecule has 7 nitrogen and oxygen atoms in total. The standard InChI is InChI=1S/C16H20N2O5/c1-3-5-6-11-9-18(16(21)17-15(11)20)14-8-12(22-7-4-2)13(10-19)23-14/h4,9,12-14,19H,2-3,7-8,10H2,1H3,(H,17,20,21)/t12-,13-,14-/m1/s1. The number of aromatic nitrogens is 2. The van der Waals surface area contributed by atoms with Crippen molar-refractivity contribution >= 4 is 0 Å². The summed E-state index contributed by atoms with van der Waals surface area (Å²) in [7, 11) is 0. The minimum absolute atomic E-state index is 0.200. The molecule has 2 heterocycles. The van der Waals surface area contributed by atoms with E-state index in [1.807, 2.05) is 6.92 Å². The van der Waals surface area contributed by atoms with Crippen LogP contribution in [-0.4, -0.2) is 40.1 Å². The van der Waals surface area contributed by atoms with Gasteiger partial charge in [-0.1, -0.05) is 24.8 Å². The average Bonchev–Trinajstić information content (AvgIpc) is 2.95. The van der Waals surface area contributed by atoms with Crippen molar-refractivity contribution in [1.82, 2.24) is 9.55 Å². The van der Waals surface area contributed by atoms with Crippen molar-refractivity contribution in [2.24, 2.45) is 0 Å². The second kappa shape index (κ2) is 7.92. The zero-order chi connectivity index (χ0) is 16.8. The molecule has 3 atom stereocenters. The van der Waals surface area contributed by atoms with Gasteiger partial charge in [-0.25, -0.2) is 4.79 Å². The number of rotatable bonds is 5.